The van der Waals surface area contributed by atoms with E-state index in [0.717, 1.165) is 12.2 Å². The fourth-order valence-electron chi connectivity index (χ4n) is 0.572. The van der Waals surface area contributed by atoms with Crippen molar-refractivity contribution < 1.29 is 19.8 Å². The first-order valence-corrected chi connectivity index (χ1v) is 3.97. The summed E-state index contributed by atoms with van der Waals surface area (Å²) in [4.78, 5) is 20.0. The van der Waals surface area contributed by atoms with Gasteiger partial charge >= 0.3 is 27.3 Å². The second-order valence-electron chi connectivity index (χ2n) is 2.73. The number of allylic oxidation sites excluding steroid dienone is 4. The number of carbonyl (C=O) groups is 2. The minimum Gasteiger partial charge on any atom is -0.876 e. The summed E-state index contributed by atoms with van der Waals surface area (Å²) in [5, 5.41) is 20.0. The van der Waals surface area contributed by atoms with Crippen molar-refractivity contribution in [1.29, 1.82) is 0 Å². The quantitative estimate of drug-likeness (QED) is 0.346. The molecule has 5 heteroatoms. The van der Waals surface area contributed by atoms with Crippen molar-refractivity contribution in [3.63, 3.8) is 0 Å². The topological polar surface area (TPSA) is 80.3 Å². The molecule has 82 valence electrons. The molecular formula is C10H14O4Pb. The van der Waals surface area contributed by atoms with Crippen LogP contribution in [0.2, 0.25) is 0 Å². The molecular weight excluding hydrogens is 391 g/mol. The number of hydrogen-bond donors (Lipinski definition) is 0. The maximum absolute atomic E-state index is 9.98. The van der Waals surface area contributed by atoms with Crippen LogP contribution in [-0.2, 0) is 9.59 Å². The second-order valence-corrected chi connectivity index (χ2v) is 2.73. The third-order valence-corrected chi connectivity index (χ3v) is 0.813. The molecule has 0 saturated heterocycles. The molecule has 0 fully saturated rings. The SMILES string of the molecule is CC(=O)C=C(C)[O-].CC(=O)C=C(C)[O-].[Pb+2]. The van der Waals surface area contributed by atoms with Gasteiger partial charge in [0.25, 0.3) is 0 Å². The van der Waals surface area contributed by atoms with E-state index in [0.29, 0.717) is 0 Å². The number of hydrogen-bond acceptors (Lipinski definition) is 4. The molecule has 0 aliphatic heterocycles. The van der Waals surface area contributed by atoms with Gasteiger partial charge in [-0.3, -0.25) is 9.59 Å². The summed E-state index contributed by atoms with van der Waals surface area (Å²) in [5.74, 6) is -0.750. The molecule has 2 radical (unpaired) electrons. The summed E-state index contributed by atoms with van der Waals surface area (Å²) in [6, 6.07) is 0. The van der Waals surface area contributed by atoms with Gasteiger partial charge in [0.05, 0.1) is 0 Å². The zero-order valence-corrected chi connectivity index (χ0v) is 13.2. The van der Waals surface area contributed by atoms with E-state index in [2.05, 4.69) is 0 Å². The number of ketones is 2. The number of carbonyl (C=O) groups excluding carboxylic acids is 2. The van der Waals surface area contributed by atoms with Crippen LogP contribution in [0.5, 0.6) is 0 Å². The van der Waals surface area contributed by atoms with Crippen LogP contribution >= 0.6 is 0 Å². The van der Waals surface area contributed by atoms with Crippen molar-refractivity contribution >= 4 is 38.9 Å². The van der Waals surface area contributed by atoms with Gasteiger partial charge in [-0.15, -0.1) is 11.5 Å². The summed E-state index contributed by atoms with van der Waals surface area (Å²) in [6.45, 7) is 5.39. The van der Waals surface area contributed by atoms with Crippen molar-refractivity contribution in [3.05, 3.63) is 23.7 Å². The van der Waals surface area contributed by atoms with Gasteiger partial charge in [-0.25, -0.2) is 0 Å². The Bertz CT molecular complexity index is 231. The second kappa shape index (κ2) is 11.4. The standard InChI is InChI=1S/2C5H8O2.Pb/c2*1-4(6)3-5(2)7;/h2*3,6H,1-2H3;/q;;+2/p-2. The van der Waals surface area contributed by atoms with Crippen LogP contribution < -0.4 is 10.2 Å². The van der Waals surface area contributed by atoms with Crippen molar-refractivity contribution in [1.82, 2.24) is 0 Å². The molecule has 0 N–H and O–H groups in total. The van der Waals surface area contributed by atoms with E-state index in [-0.39, 0.29) is 50.4 Å². The summed E-state index contributed by atoms with van der Waals surface area (Å²) < 4.78 is 0. The monoisotopic (exact) mass is 406 g/mol. The molecule has 4 nitrogen and oxygen atoms in total. The van der Waals surface area contributed by atoms with E-state index < -0.39 is 0 Å². The minimum atomic E-state index is -0.187. The van der Waals surface area contributed by atoms with Gasteiger partial charge in [-0.05, 0) is 26.0 Å². The molecule has 0 amide bonds. The van der Waals surface area contributed by atoms with E-state index in [1.165, 1.54) is 27.7 Å². The molecule has 0 aromatic carbocycles. The molecule has 0 saturated carbocycles. The fourth-order valence-corrected chi connectivity index (χ4v) is 0.572. The smallest absolute Gasteiger partial charge is 0.876 e. The van der Waals surface area contributed by atoms with Crippen LogP contribution in [0.1, 0.15) is 27.7 Å². The van der Waals surface area contributed by atoms with Gasteiger partial charge < -0.3 is 10.2 Å². The first kappa shape index (κ1) is 19.8. The van der Waals surface area contributed by atoms with E-state index >= 15 is 0 Å². The van der Waals surface area contributed by atoms with Crippen LogP contribution in [0, 0.1) is 0 Å². The van der Waals surface area contributed by atoms with Gasteiger partial charge in [0, 0.05) is 0 Å². The van der Waals surface area contributed by atoms with E-state index in [1.54, 1.807) is 0 Å². The van der Waals surface area contributed by atoms with Crippen LogP contribution in [0.25, 0.3) is 0 Å². The first-order chi connectivity index (χ1) is 6.25. The molecule has 15 heavy (non-hydrogen) atoms. The molecule has 0 unspecified atom stereocenters. The van der Waals surface area contributed by atoms with Crippen molar-refractivity contribution in [2.24, 2.45) is 0 Å². The largest absolute Gasteiger partial charge is 2.00 e. The fraction of sp³-hybridized carbons (Fsp3) is 0.400. The average Bonchev–Trinajstić information content (AvgIpc) is 1.79. The number of rotatable bonds is 2. The molecule has 0 aliphatic rings. The Labute approximate surface area is 110 Å². The molecule has 0 aromatic rings. The van der Waals surface area contributed by atoms with E-state index in [9.17, 15) is 19.8 Å². The van der Waals surface area contributed by atoms with Crippen LogP contribution in [-0.4, -0.2) is 38.9 Å². The normalized spacial score (nSPS) is 10.7. The molecule has 0 rings (SSSR count). The first-order valence-electron chi connectivity index (χ1n) is 3.97. The minimum absolute atomic E-state index is 0. The van der Waals surface area contributed by atoms with Crippen molar-refractivity contribution in [2.45, 2.75) is 27.7 Å². The predicted octanol–water partition coefficient (Wildman–Crippen LogP) is -0.702. The zero-order valence-electron chi connectivity index (χ0n) is 9.29. The Morgan fingerprint density at radius 1 is 0.800 bits per heavy atom. The van der Waals surface area contributed by atoms with Gasteiger partial charge in [-0.1, -0.05) is 13.8 Å². The van der Waals surface area contributed by atoms with Crippen molar-refractivity contribution in [2.75, 3.05) is 0 Å². The summed E-state index contributed by atoms with van der Waals surface area (Å²) in [7, 11) is 0. The molecule has 0 bridgehead atoms. The average molecular weight is 405 g/mol. The van der Waals surface area contributed by atoms with E-state index in [1.807, 2.05) is 0 Å². The molecule has 0 heterocycles. The third-order valence-electron chi connectivity index (χ3n) is 0.813. The third kappa shape index (κ3) is 31.8. The summed E-state index contributed by atoms with van der Waals surface area (Å²) >= 11 is 0. The Hall–Kier alpha value is -0.658. The maximum atomic E-state index is 9.98. The summed E-state index contributed by atoms with van der Waals surface area (Å²) in [6.07, 6.45) is 2.11. The van der Waals surface area contributed by atoms with Gasteiger partial charge in [0.1, 0.15) is 0 Å². The Morgan fingerprint density at radius 2 is 1.00 bits per heavy atom. The van der Waals surface area contributed by atoms with Crippen LogP contribution in [0.4, 0.5) is 0 Å². The van der Waals surface area contributed by atoms with Crippen molar-refractivity contribution in [3.8, 4) is 0 Å². The Kier molecular flexibility index (Phi) is 15.1. The van der Waals surface area contributed by atoms with E-state index in [4.69, 9.17) is 0 Å². The van der Waals surface area contributed by atoms with Crippen LogP contribution in [0.15, 0.2) is 23.7 Å². The Balaban J connectivity index is -0.000000180. The molecule has 0 aliphatic carbocycles. The summed E-state index contributed by atoms with van der Waals surface area (Å²) in [5.41, 5.74) is 0. The zero-order chi connectivity index (χ0) is 11.7. The molecule has 0 atom stereocenters. The molecule has 0 aromatic heterocycles. The van der Waals surface area contributed by atoms with Gasteiger partial charge in [-0.2, -0.15) is 0 Å². The van der Waals surface area contributed by atoms with Crippen LogP contribution in [0.3, 0.4) is 0 Å². The maximum Gasteiger partial charge on any atom is 2.00 e. The predicted molar refractivity (Wildman–Crippen MR) is 54.6 cm³/mol. The molecule has 0 spiro atoms. The van der Waals surface area contributed by atoms with Gasteiger partial charge in [0.15, 0.2) is 11.6 Å². The van der Waals surface area contributed by atoms with Gasteiger partial charge in [0.2, 0.25) is 0 Å². The Morgan fingerprint density at radius 3 is 1.00 bits per heavy atom.